The molecule has 0 atom stereocenters. The van der Waals surface area contributed by atoms with E-state index in [0.717, 1.165) is 30.9 Å². The summed E-state index contributed by atoms with van der Waals surface area (Å²) in [5, 5.41) is 5.91. The lowest BCUT2D eigenvalue weighted by Gasteiger charge is -2.10. The van der Waals surface area contributed by atoms with Gasteiger partial charge in [0.1, 0.15) is 5.75 Å². The first-order valence-corrected chi connectivity index (χ1v) is 6.88. The second-order valence-electron chi connectivity index (χ2n) is 4.80. The molecule has 0 bridgehead atoms. The molecular formula is C15H24N2O2. The first-order chi connectivity index (χ1) is 9.11. The Morgan fingerprint density at radius 1 is 1.26 bits per heavy atom. The Morgan fingerprint density at radius 3 is 2.53 bits per heavy atom. The zero-order valence-electron chi connectivity index (χ0n) is 12.0. The second kappa shape index (κ2) is 8.40. The number of carbonyl (C=O) groups excluding carboxylic acids is 1. The summed E-state index contributed by atoms with van der Waals surface area (Å²) in [6.45, 7) is 7.06. The second-order valence-corrected chi connectivity index (χ2v) is 4.80. The van der Waals surface area contributed by atoms with Gasteiger partial charge < -0.3 is 15.4 Å². The minimum atomic E-state index is -0.00160. The molecule has 0 spiro atoms. The van der Waals surface area contributed by atoms with E-state index in [1.165, 1.54) is 0 Å². The molecule has 2 N–H and O–H groups in total. The molecule has 0 saturated heterocycles. The first-order valence-electron chi connectivity index (χ1n) is 6.88. The minimum absolute atomic E-state index is 0.00160. The molecule has 0 heterocycles. The summed E-state index contributed by atoms with van der Waals surface area (Å²) in [4.78, 5) is 11.5. The van der Waals surface area contributed by atoms with Crippen molar-refractivity contribution in [2.75, 3.05) is 18.5 Å². The molecule has 106 valence electrons. The third kappa shape index (κ3) is 6.70. The van der Waals surface area contributed by atoms with Crippen molar-refractivity contribution in [3.8, 4) is 5.75 Å². The van der Waals surface area contributed by atoms with Crippen molar-refractivity contribution in [1.29, 1.82) is 0 Å². The molecule has 4 nitrogen and oxygen atoms in total. The number of nitrogens with one attached hydrogen (secondary N) is 2. The minimum Gasteiger partial charge on any atom is -0.494 e. The molecule has 0 saturated carbocycles. The molecule has 1 rings (SSSR count). The molecule has 0 radical (unpaired) electrons. The Morgan fingerprint density at radius 2 is 1.95 bits per heavy atom. The Balaban J connectivity index is 2.33. The molecule has 0 fully saturated rings. The van der Waals surface area contributed by atoms with Crippen molar-refractivity contribution in [3.05, 3.63) is 24.3 Å². The van der Waals surface area contributed by atoms with Crippen LogP contribution in [0.15, 0.2) is 24.3 Å². The molecule has 0 aliphatic heterocycles. The zero-order valence-corrected chi connectivity index (χ0v) is 12.0. The van der Waals surface area contributed by atoms with Crippen LogP contribution in [0, 0.1) is 0 Å². The highest BCUT2D eigenvalue weighted by atomic mass is 16.5. The number of amides is 1. The van der Waals surface area contributed by atoms with E-state index in [-0.39, 0.29) is 18.5 Å². The normalized spacial score (nSPS) is 10.3. The maximum absolute atomic E-state index is 11.5. The van der Waals surface area contributed by atoms with Gasteiger partial charge in [0.25, 0.3) is 0 Å². The van der Waals surface area contributed by atoms with Gasteiger partial charge in [-0.3, -0.25) is 4.79 Å². The fourth-order valence-corrected chi connectivity index (χ4v) is 1.56. The largest absolute Gasteiger partial charge is 0.494 e. The Bertz CT molecular complexity index is 374. The van der Waals surface area contributed by atoms with E-state index in [2.05, 4.69) is 17.6 Å². The Kier molecular flexibility index (Phi) is 6.79. The van der Waals surface area contributed by atoms with Crippen molar-refractivity contribution in [3.63, 3.8) is 0 Å². The lowest BCUT2D eigenvalue weighted by molar-refractivity contribution is -0.119. The monoisotopic (exact) mass is 264 g/mol. The van der Waals surface area contributed by atoms with Crippen molar-refractivity contribution in [2.45, 2.75) is 39.7 Å². The third-order valence-corrected chi connectivity index (χ3v) is 2.52. The van der Waals surface area contributed by atoms with Crippen LogP contribution in [0.2, 0.25) is 0 Å². The maximum Gasteiger partial charge on any atom is 0.239 e. The van der Waals surface area contributed by atoms with Crippen molar-refractivity contribution < 1.29 is 9.53 Å². The average molecular weight is 264 g/mol. The molecule has 4 heteroatoms. The van der Waals surface area contributed by atoms with Crippen molar-refractivity contribution in [2.24, 2.45) is 0 Å². The summed E-state index contributed by atoms with van der Waals surface area (Å²) >= 11 is 0. The Labute approximate surface area is 115 Å². The number of rotatable bonds is 8. The highest BCUT2D eigenvalue weighted by Gasteiger charge is 2.02. The summed E-state index contributed by atoms with van der Waals surface area (Å²) in [5.41, 5.74) is 0.918. The molecule has 0 aliphatic rings. The Hall–Kier alpha value is -1.71. The number of hydrogen-bond acceptors (Lipinski definition) is 3. The fraction of sp³-hybridized carbons (Fsp3) is 0.533. The molecule has 0 aliphatic carbocycles. The van der Waals surface area contributed by atoms with Gasteiger partial charge in [-0.15, -0.1) is 0 Å². The smallest absolute Gasteiger partial charge is 0.239 e. The van der Waals surface area contributed by atoms with Gasteiger partial charge in [-0.05, 0) is 44.5 Å². The molecule has 1 amide bonds. The summed E-state index contributed by atoms with van der Waals surface area (Å²) < 4.78 is 5.57. The number of unbranched alkanes of at least 4 members (excludes halogenated alkanes) is 1. The van der Waals surface area contributed by atoms with E-state index in [9.17, 15) is 4.79 Å². The molecular weight excluding hydrogens is 240 g/mol. The summed E-state index contributed by atoms with van der Waals surface area (Å²) in [6, 6.07) is 7.84. The van der Waals surface area contributed by atoms with E-state index >= 15 is 0 Å². The van der Waals surface area contributed by atoms with E-state index in [1.54, 1.807) is 0 Å². The third-order valence-electron chi connectivity index (χ3n) is 2.52. The van der Waals surface area contributed by atoms with E-state index in [4.69, 9.17) is 4.74 Å². The van der Waals surface area contributed by atoms with E-state index in [1.807, 2.05) is 38.1 Å². The number of hydrogen-bond donors (Lipinski definition) is 2. The van der Waals surface area contributed by atoms with Crippen LogP contribution in [0.25, 0.3) is 0 Å². The number of benzene rings is 1. The standard InChI is InChI=1S/C15H24N2O2/c1-4-5-10-19-14-8-6-13(7-9-14)16-11-15(18)17-12(2)3/h6-9,12,16H,4-5,10-11H2,1-3H3,(H,17,18). The average Bonchev–Trinajstić information content (AvgIpc) is 2.37. The topological polar surface area (TPSA) is 50.4 Å². The first kappa shape index (κ1) is 15.3. The molecule has 1 aromatic carbocycles. The molecule has 0 unspecified atom stereocenters. The zero-order chi connectivity index (χ0) is 14.1. The van der Waals surface area contributed by atoms with Gasteiger partial charge in [0.05, 0.1) is 13.2 Å². The number of ether oxygens (including phenoxy) is 1. The number of carbonyl (C=O) groups is 1. The summed E-state index contributed by atoms with van der Waals surface area (Å²) in [5.74, 6) is 0.865. The van der Waals surface area contributed by atoms with Gasteiger partial charge in [0.2, 0.25) is 5.91 Å². The fourth-order valence-electron chi connectivity index (χ4n) is 1.56. The molecule has 1 aromatic rings. The van der Waals surface area contributed by atoms with Crippen LogP contribution in [0.1, 0.15) is 33.6 Å². The molecule has 19 heavy (non-hydrogen) atoms. The van der Waals surface area contributed by atoms with E-state index in [0.29, 0.717) is 0 Å². The van der Waals surface area contributed by atoms with Gasteiger partial charge in [-0.1, -0.05) is 13.3 Å². The lowest BCUT2D eigenvalue weighted by atomic mass is 10.3. The maximum atomic E-state index is 11.5. The van der Waals surface area contributed by atoms with Crippen molar-refractivity contribution in [1.82, 2.24) is 5.32 Å². The predicted octanol–water partition coefficient (Wildman–Crippen LogP) is 2.80. The van der Waals surface area contributed by atoms with Crippen molar-refractivity contribution >= 4 is 11.6 Å². The number of anilines is 1. The summed E-state index contributed by atoms with van der Waals surface area (Å²) in [6.07, 6.45) is 2.19. The van der Waals surface area contributed by atoms with Crippen LogP contribution in [0.4, 0.5) is 5.69 Å². The van der Waals surface area contributed by atoms with Crippen LogP contribution in [0.5, 0.6) is 5.75 Å². The van der Waals surface area contributed by atoms with Crippen LogP contribution in [0.3, 0.4) is 0 Å². The van der Waals surface area contributed by atoms with Gasteiger partial charge >= 0.3 is 0 Å². The highest BCUT2D eigenvalue weighted by molar-refractivity contribution is 5.80. The van der Waals surface area contributed by atoms with Gasteiger partial charge in [-0.2, -0.15) is 0 Å². The van der Waals surface area contributed by atoms with Crippen LogP contribution >= 0.6 is 0 Å². The lowest BCUT2D eigenvalue weighted by Crippen LogP contribution is -2.34. The van der Waals surface area contributed by atoms with Gasteiger partial charge in [0, 0.05) is 11.7 Å². The quantitative estimate of drug-likeness (QED) is 0.710. The van der Waals surface area contributed by atoms with Crippen LogP contribution in [-0.4, -0.2) is 25.1 Å². The van der Waals surface area contributed by atoms with Crippen LogP contribution < -0.4 is 15.4 Å². The SMILES string of the molecule is CCCCOc1ccc(NCC(=O)NC(C)C)cc1. The summed E-state index contributed by atoms with van der Waals surface area (Å²) in [7, 11) is 0. The highest BCUT2D eigenvalue weighted by Crippen LogP contribution is 2.15. The van der Waals surface area contributed by atoms with Crippen LogP contribution in [-0.2, 0) is 4.79 Å². The van der Waals surface area contributed by atoms with E-state index < -0.39 is 0 Å². The van der Waals surface area contributed by atoms with Gasteiger partial charge in [0.15, 0.2) is 0 Å². The van der Waals surface area contributed by atoms with Gasteiger partial charge in [-0.25, -0.2) is 0 Å². The predicted molar refractivity (Wildman–Crippen MR) is 78.6 cm³/mol. The molecule has 0 aromatic heterocycles.